The summed E-state index contributed by atoms with van der Waals surface area (Å²) < 4.78 is 29.9. The number of alkyl halides is 2. The second kappa shape index (κ2) is 2.06. The first-order chi connectivity index (χ1) is 5.57. The molecule has 0 bridgehead atoms. The number of hydrogen-bond acceptors (Lipinski definition) is 2. The van der Waals surface area contributed by atoms with Crippen molar-refractivity contribution in [3.05, 3.63) is 28.1 Å². The van der Waals surface area contributed by atoms with E-state index in [2.05, 4.69) is 9.40 Å². The molecule has 1 aromatic rings. The highest BCUT2D eigenvalue weighted by Gasteiger charge is 2.31. The Bertz CT molecular complexity index is 388. The van der Waals surface area contributed by atoms with E-state index in [1.807, 2.05) is 0 Å². The van der Waals surface area contributed by atoms with Crippen molar-refractivity contribution in [3.8, 4) is 0 Å². The van der Waals surface area contributed by atoms with Gasteiger partial charge in [0, 0.05) is 0 Å². The Morgan fingerprint density at radius 3 is 3.08 bits per heavy atom. The molecule has 1 aliphatic carbocycles. The summed E-state index contributed by atoms with van der Waals surface area (Å²) in [4.78, 5) is 12.8. The Balaban J connectivity index is 2.51. The fourth-order valence-electron chi connectivity index (χ4n) is 1.13. The minimum atomic E-state index is -2.88. The molecule has 1 heterocycles. The van der Waals surface area contributed by atoms with Gasteiger partial charge in [0.1, 0.15) is 0 Å². The van der Waals surface area contributed by atoms with E-state index in [-0.39, 0.29) is 11.5 Å². The second-order valence-corrected chi connectivity index (χ2v) is 2.63. The average molecular weight is 173 g/mol. The third kappa shape index (κ3) is 1.07. The van der Waals surface area contributed by atoms with Gasteiger partial charge < -0.3 is 4.42 Å². The fraction of sp³-hybridized carbons (Fsp3) is 0.286. The number of aromatic nitrogens is 1. The smallest absolute Gasteiger partial charge is 0.408 e. The molecular formula is C7H5F2NO2. The van der Waals surface area contributed by atoms with Gasteiger partial charge in [0.2, 0.25) is 0 Å². The molecule has 64 valence electrons. The maximum Gasteiger partial charge on any atom is 0.417 e. The molecule has 0 aliphatic heterocycles. The first-order valence-electron chi connectivity index (χ1n) is 3.36. The van der Waals surface area contributed by atoms with Gasteiger partial charge in [-0.15, -0.1) is 0 Å². The van der Waals surface area contributed by atoms with Crippen LogP contribution in [-0.2, 0) is 6.42 Å². The van der Waals surface area contributed by atoms with Gasteiger partial charge in [-0.25, -0.2) is 13.6 Å². The average Bonchev–Trinajstić information content (AvgIpc) is 2.26. The number of halogens is 2. The Morgan fingerprint density at radius 1 is 1.58 bits per heavy atom. The molecule has 0 saturated heterocycles. The molecule has 0 atom stereocenters. The van der Waals surface area contributed by atoms with Crippen molar-refractivity contribution in [2.45, 2.75) is 12.3 Å². The van der Waals surface area contributed by atoms with Crippen molar-refractivity contribution in [2.75, 3.05) is 0 Å². The first kappa shape index (κ1) is 7.27. The van der Waals surface area contributed by atoms with Crippen LogP contribution in [0.4, 0.5) is 8.78 Å². The van der Waals surface area contributed by atoms with E-state index in [0.29, 0.717) is 0 Å². The van der Waals surface area contributed by atoms with Crippen molar-refractivity contribution in [1.29, 1.82) is 0 Å². The third-order valence-electron chi connectivity index (χ3n) is 1.64. The largest absolute Gasteiger partial charge is 0.417 e. The minimum absolute atomic E-state index is 0.160. The Morgan fingerprint density at radius 2 is 2.33 bits per heavy atom. The summed E-state index contributed by atoms with van der Waals surface area (Å²) in [5.41, 5.74) is 0.160. The number of hydrogen-bond donors (Lipinski definition) is 1. The second-order valence-electron chi connectivity index (χ2n) is 2.63. The van der Waals surface area contributed by atoms with E-state index in [1.165, 1.54) is 0 Å². The Kier molecular flexibility index (Phi) is 1.25. The van der Waals surface area contributed by atoms with Crippen LogP contribution in [0, 0.1) is 0 Å². The lowest BCUT2D eigenvalue weighted by Crippen LogP contribution is -2.19. The van der Waals surface area contributed by atoms with Gasteiger partial charge in [-0.2, -0.15) is 0 Å². The van der Waals surface area contributed by atoms with Crippen LogP contribution in [0.5, 0.6) is 0 Å². The zero-order valence-corrected chi connectivity index (χ0v) is 5.93. The number of allylic oxidation sites excluding steroid dienone is 1. The molecule has 0 unspecified atom stereocenters. The molecule has 0 aromatic carbocycles. The van der Waals surface area contributed by atoms with Gasteiger partial charge >= 0.3 is 5.76 Å². The van der Waals surface area contributed by atoms with E-state index < -0.39 is 18.1 Å². The Hall–Kier alpha value is -1.39. The standard InChI is InChI=1S/C7H5F2NO2/c8-7(9)2-1-5-4(3-7)10-6(11)12-5/h1-2H,3H2,(H,10,11). The molecule has 0 saturated carbocycles. The summed E-state index contributed by atoms with van der Waals surface area (Å²) >= 11 is 0. The van der Waals surface area contributed by atoms with E-state index >= 15 is 0 Å². The quantitative estimate of drug-likeness (QED) is 0.640. The third-order valence-corrected chi connectivity index (χ3v) is 1.64. The van der Waals surface area contributed by atoms with Crippen LogP contribution < -0.4 is 5.76 Å². The van der Waals surface area contributed by atoms with Crippen LogP contribution in [0.1, 0.15) is 11.5 Å². The van der Waals surface area contributed by atoms with E-state index in [4.69, 9.17) is 0 Å². The van der Waals surface area contributed by atoms with Crippen LogP contribution in [0.2, 0.25) is 0 Å². The molecule has 1 aliphatic rings. The topological polar surface area (TPSA) is 46.0 Å². The highest BCUT2D eigenvalue weighted by Crippen LogP contribution is 2.27. The van der Waals surface area contributed by atoms with Gasteiger partial charge in [0.15, 0.2) is 5.76 Å². The monoisotopic (exact) mass is 173 g/mol. The van der Waals surface area contributed by atoms with Crippen LogP contribution in [-0.4, -0.2) is 10.9 Å². The number of oxazole rings is 1. The predicted octanol–water partition coefficient (Wildman–Crippen LogP) is 1.17. The molecule has 0 spiro atoms. The van der Waals surface area contributed by atoms with Gasteiger partial charge in [-0.3, -0.25) is 4.98 Å². The van der Waals surface area contributed by atoms with Gasteiger partial charge in [0.25, 0.3) is 5.92 Å². The van der Waals surface area contributed by atoms with Crippen molar-refractivity contribution in [3.63, 3.8) is 0 Å². The van der Waals surface area contributed by atoms with Gasteiger partial charge in [-0.05, 0) is 12.2 Å². The van der Waals surface area contributed by atoms with Crippen LogP contribution in [0.3, 0.4) is 0 Å². The zero-order valence-electron chi connectivity index (χ0n) is 5.93. The molecule has 0 radical (unpaired) electrons. The summed E-state index contributed by atoms with van der Waals surface area (Å²) in [6.07, 6.45) is 1.34. The maximum absolute atomic E-state index is 12.6. The van der Waals surface area contributed by atoms with E-state index in [0.717, 1.165) is 12.2 Å². The minimum Gasteiger partial charge on any atom is -0.408 e. The highest BCUT2D eigenvalue weighted by atomic mass is 19.3. The SMILES string of the molecule is O=c1[nH]c2c(o1)C=CC(F)(F)C2. The zero-order chi connectivity index (χ0) is 8.77. The molecule has 3 nitrogen and oxygen atoms in total. The maximum atomic E-state index is 12.6. The van der Waals surface area contributed by atoms with Gasteiger partial charge in [0.05, 0.1) is 12.1 Å². The van der Waals surface area contributed by atoms with Crippen molar-refractivity contribution < 1.29 is 13.2 Å². The lowest BCUT2D eigenvalue weighted by Gasteiger charge is -2.13. The molecule has 2 rings (SSSR count). The predicted molar refractivity (Wildman–Crippen MR) is 37.0 cm³/mol. The summed E-state index contributed by atoms with van der Waals surface area (Å²) in [6.45, 7) is 0. The van der Waals surface area contributed by atoms with Gasteiger partial charge in [-0.1, -0.05) is 0 Å². The molecular weight excluding hydrogens is 168 g/mol. The van der Waals surface area contributed by atoms with Crippen LogP contribution in [0.25, 0.3) is 6.08 Å². The van der Waals surface area contributed by atoms with Crippen molar-refractivity contribution >= 4 is 6.08 Å². The molecule has 1 aromatic heterocycles. The molecule has 0 amide bonds. The van der Waals surface area contributed by atoms with Crippen molar-refractivity contribution in [1.82, 2.24) is 4.98 Å². The number of aromatic amines is 1. The number of H-pyrrole nitrogens is 1. The summed E-state index contributed by atoms with van der Waals surface area (Å²) in [6, 6.07) is 0. The molecule has 5 heteroatoms. The van der Waals surface area contributed by atoms with Crippen molar-refractivity contribution in [2.24, 2.45) is 0 Å². The summed E-state index contributed by atoms with van der Waals surface area (Å²) in [7, 11) is 0. The highest BCUT2D eigenvalue weighted by molar-refractivity contribution is 5.50. The Labute approximate surface area is 65.7 Å². The number of nitrogens with one attached hydrogen (secondary N) is 1. The number of rotatable bonds is 0. The van der Waals surface area contributed by atoms with E-state index in [9.17, 15) is 13.6 Å². The summed E-state index contributed by atoms with van der Waals surface area (Å²) in [5, 5.41) is 0. The van der Waals surface area contributed by atoms with E-state index in [1.54, 1.807) is 0 Å². The fourth-order valence-corrected chi connectivity index (χ4v) is 1.13. The summed E-state index contributed by atoms with van der Waals surface area (Å²) in [5.74, 6) is -3.37. The lowest BCUT2D eigenvalue weighted by molar-refractivity contribution is 0.0538. The number of fused-ring (bicyclic) bond motifs is 1. The molecule has 12 heavy (non-hydrogen) atoms. The van der Waals surface area contributed by atoms with Crippen LogP contribution in [0.15, 0.2) is 15.3 Å². The first-order valence-corrected chi connectivity index (χ1v) is 3.36. The lowest BCUT2D eigenvalue weighted by atomic mass is 10.1. The molecule has 0 fully saturated rings. The van der Waals surface area contributed by atoms with Crippen LogP contribution >= 0.6 is 0 Å². The molecule has 1 N–H and O–H groups in total. The normalized spacial score (nSPS) is 19.2.